The molecule has 0 bridgehead atoms. The van der Waals surface area contributed by atoms with Crippen LogP contribution >= 0.6 is 28.3 Å². The number of piperidine rings is 1. The quantitative estimate of drug-likeness (QED) is 0.851. The van der Waals surface area contributed by atoms with Crippen LogP contribution in [0.2, 0.25) is 0 Å². The molecule has 4 rings (SSSR count). The Hall–Kier alpha value is -0.850. The molecule has 23 heavy (non-hydrogen) atoms. The van der Waals surface area contributed by atoms with E-state index in [1.54, 1.807) is 0 Å². The Balaban J connectivity index is 0.00000156. The Labute approximate surface area is 150 Å². The number of nitrogens with one attached hydrogen (secondary N) is 1. The second kappa shape index (κ2) is 6.57. The van der Waals surface area contributed by atoms with Crippen molar-refractivity contribution in [2.24, 2.45) is 5.41 Å². The number of rotatable bonds is 4. The Kier molecular flexibility index (Phi) is 4.85. The number of pyridine rings is 1. The van der Waals surface area contributed by atoms with E-state index in [4.69, 9.17) is 4.74 Å². The van der Waals surface area contributed by atoms with Gasteiger partial charge in [-0.1, -0.05) is 6.92 Å². The highest BCUT2D eigenvalue weighted by atomic mass is 79.9. The summed E-state index contributed by atoms with van der Waals surface area (Å²) in [4.78, 5) is 0. The van der Waals surface area contributed by atoms with E-state index in [-0.39, 0.29) is 17.8 Å². The molecule has 0 atom stereocenters. The maximum atomic E-state index is 6.27. The van der Waals surface area contributed by atoms with Gasteiger partial charge in [-0.15, -0.1) is 22.6 Å². The van der Waals surface area contributed by atoms with E-state index in [2.05, 4.69) is 44.6 Å². The van der Waals surface area contributed by atoms with Crippen molar-refractivity contribution >= 4 is 34.0 Å². The number of halogens is 2. The van der Waals surface area contributed by atoms with E-state index in [0.717, 1.165) is 35.8 Å². The van der Waals surface area contributed by atoms with E-state index in [1.807, 2.05) is 10.5 Å². The van der Waals surface area contributed by atoms with E-state index in [1.165, 1.54) is 31.2 Å². The fourth-order valence-corrected chi connectivity index (χ4v) is 3.52. The average molecular weight is 402 g/mol. The van der Waals surface area contributed by atoms with E-state index >= 15 is 0 Å². The van der Waals surface area contributed by atoms with Crippen LogP contribution in [0.25, 0.3) is 5.65 Å². The SMILES string of the molecule is CC1(COc2cc3nnc(Br)n3cc2C2CC2)CCNCC1.Cl. The first kappa shape index (κ1) is 17.0. The normalized spacial score (nSPS) is 20.3. The lowest BCUT2D eigenvalue weighted by Crippen LogP contribution is -2.38. The van der Waals surface area contributed by atoms with Gasteiger partial charge in [-0.2, -0.15) is 0 Å². The molecule has 1 N–H and O–H groups in total. The van der Waals surface area contributed by atoms with Gasteiger partial charge in [0.1, 0.15) is 5.75 Å². The summed E-state index contributed by atoms with van der Waals surface area (Å²) in [6.07, 6.45) is 6.98. The Morgan fingerprint density at radius 1 is 1.35 bits per heavy atom. The minimum absolute atomic E-state index is 0. The van der Waals surface area contributed by atoms with Crippen LogP contribution < -0.4 is 10.1 Å². The van der Waals surface area contributed by atoms with Gasteiger partial charge >= 0.3 is 0 Å². The molecule has 2 fully saturated rings. The standard InChI is InChI=1S/C16H21BrN4O.ClH/c1-16(4-6-18-7-5-16)10-22-13-8-14-19-20-15(17)21(14)9-12(13)11-2-3-11;/h8-9,11,18H,2-7,10H2,1H3;1H. The molecule has 0 unspecified atom stereocenters. The van der Waals surface area contributed by atoms with E-state index < -0.39 is 0 Å². The number of hydrogen-bond acceptors (Lipinski definition) is 4. The number of fused-ring (bicyclic) bond motifs is 1. The smallest absolute Gasteiger partial charge is 0.204 e. The molecule has 1 aliphatic carbocycles. The molecule has 126 valence electrons. The van der Waals surface area contributed by atoms with Crippen molar-refractivity contribution in [2.75, 3.05) is 19.7 Å². The van der Waals surface area contributed by atoms with Crippen LogP contribution in [-0.4, -0.2) is 34.3 Å². The van der Waals surface area contributed by atoms with Crippen molar-refractivity contribution in [3.05, 3.63) is 22.6 Å². The maximum Gasteiger partial charge on any atom is 0.204 e. The first-order chi connectivity index (χ1) is 10.6. The van der Waals surface area contributed by atoms with Gasteiger partial charge in [-0.3, -0.25) is 4.40 Å². The Morgan fingerprint density at radius 3 is 2.78 bits per heavy atom. The van der Waals surface area contributed by atoms with Crippen molar-refractivity contribution in [2.45, 2.75) is 38.5 Å². The lowest BCUT2D eigenvalue weighted by atomic mass is 9.82. The van der Waals surface area contributed by atoms with Gasteiger partial charge in [-0.05, 0) is 60.6 Å². The summed E-state index contributed by atoms with van der Waals surface area (Å²) in [5.74, 6) is 1.63. The highest BCUT2D eigenvalue weighted by Crippen LogP contribution is 2.45. The molecule has 2 aromatic rings. The van der Waals surface area contributed by atoms with Crippen LogP contribution in [0, 0.1) is 5.41 Å². The second-order valence-electron chi connectivity index (χ2n) is 6.91. The number of hydrogen-bond donors (Lipinski definition) is 1. The van der Waals surface area contributed by atoms with Crippen LogP contribution in [0.4, 0.5) is 0 Å². The molecular weight excluding hydrogens is 380 g/mol. The summed E-state index contributed by atoms with van der Waals surface area (Å²) in [6, 6.07) is 2.04. The molecule has 1 saturated heterocycles. The second-order valence-corrected chi connectivity index (χ2v) is 7.62. The Morgan fingerprint density at radius 2 is 2.09 bits per heavy atom. The molecular formula is C16H22BrClN4O. The maximum absolute atomic E-state index is 6.27. The summed E-state index contributed by atoms with van der Waals surface area (Å²) in [7, 11) is 0. The zero-order chi connectivity index (χ0) is 15.2. The van der Waals surface area contributed by atoms with Gasteiger partial charge in [-0.25, -0.2) is 0 Å². The van der Waals surface area contributed by atoms with Crippen molar-refractivity contribution in [3.63, 3.8) is 0 Å². The van der Waals surface area contributed by atoms with Crippen molar-refractivity contribution < 1.29 is 4.74 Å². The molecule has 5 nitrogen and oxygen atoms in total. The van der Waals surface area contributed by atoms with Crippen LogP contribution in [0.3, 0.4) is 0 Å². The first-order valence-electron chi connectivity index (χ1n) is 8.02. The summed E-state index contributed by atoms with van der Waals surface area (Å²) in [6.45, 7) is 5.29. The van der Waals surface area contributed by atoms with Gasteiger partial charge in [0.15, 0.2) is 5.65 Å². The van der Waals surface area contributed by atoms with Crippen LogP contribution in [-0.2, 0) is 0 Å². The molecule has 0 radical (unpaired) electrons. The molecule has 2 aliphatic rings. The third-order valence-electron chi connectivity index (χ3n) is 4.90. The van der Waals surface area contributed by atoms with E-state index in [0.29, 0.717) is 5.92 Å². The van der Waals surface area contributed by atoms with E-state index in [9.17, 15) is 0 Å². The van der Waals surface area contributed by atoms with Gasteiger partial charge in [0.2, 0.25) is 4.73 Å². The van der Waals surface area contributed by atoms with Crippen molar-refractivity contribution in [1.29, 1.82) is 0 Å². The minimum Gasteiger partial charge on any atom is -0.493 e. The van der Waals surface area contributed by atoms with Gasteiger partial charge in [0.25, 0.3) is 0 Å². The fourth-order valence-electron chi connectivity index (χ4n) is 3.16. The third kappa shape index (κ3) is 3.49. The highest BCUT2D eigenvalue weighted by molar-refractivity contribution is 9.10. The molecule has 7 heteroatoms. The highest BCUT2D eigenvalue weighted by Gasteiger charge is 2.31. The van der Waals surface area contributed by atoms with Gasteiger partial charge in [0.05, 0.1) is 6.61 Å². The lowest BCUT2D eigenvalue weighted by molar-refractivity contribution is 0.122. The minimum atomic E-state index is 0. The summed E-state index contributed by atoms with van der Waals surface area (Å²) in [5, 5.41) is 11.7. The van der Waals surface area contributed by atoms with Crippen LogP contribution in [0.15, 0.2) is 17.0 Å². The first-order valence-corrected chi connectivity index (χ1v) is 8.82. The van der Waals surface area contributed by atoms with Crippen molar-refractivity contribution in [1.82, 2.24) is 19.9 Å². The number of nitrogens with zero attached hydrogens (tertiary/aromatic N) is 3. The van der Waals surface area contributed by atoms with Gasteiger partial charge < -0.3 is 10.1 Å². The molecule has 0 aromatic carbocycles. The molecule has 1 aliphatic heterocycles. The zero-order valence-electron chi connectivity index (χ0n) is 13.2. The predicted molar refractivity (Wildman–Crippen MR) is 95.6 cm³/mol. The van der Waals surface area contributed by atoms with Crippen molar-refractivity contribution in [3.8, 4) is 5.75 Å². The topological polar surface area (TPSA) is 51.5 Å². The third-order valence-corrected chi connectivity index (χ3v) is 5.44. The molecule has 0 amide bonds. The zero-order valence-corrected chi connectivity index (χ0v) is 15.6. The number of ether oxygens (including phenoxy) is 1. The molecule has 0 spiro atoms. The average Bonchev–Trinajstić information content (AvgIpc) is 3.30. The summed E-state index contributed by atoms with van der Waals surface area (Å²) in [5.41, 5.74) is 2.40. The largest absolute Gasteiger partial charge is 0.493 e. The predicted octanol–water partition coefficient (Wildman–Crippen LogP) is 3.56. The fraction of sp³-hybridized carbons (Fsp3) is 0.625. The number of aromatic nitrogens is 3. The molecule has 1 saturated carbocycles. The lowest BCUT2D eigenvalue weighted by Gasteiger charge is -2.34. The summed E-state index contributed by atoms with van der Waals surface area (Å²) >= 11 is 3.45. The Bertz CT molecular complexity index is 695. The van der Waals surface area contributed by atoms with Crippen LogP contribution in [0.5, 0.6) is 5.75 Å². The monoisotopic (exact) mass is 400 g/mol. The summed E-state index contributed by atoms with van der Waals surface area (Å²) < 4.78 is 9.02. The van der Waals surface area contributed by atoms with Gasteiger partial charge in [0, 0.05) is 23.2 Å². The molecule has 2 aromatic heterocycles. The molecule has 3 heterocycles. The van der Waals surface area contributed by atoms with Crippen LogP contribution in [0.1, 0.15) is 44.1 Å².